The number of imide groups is 2. The summed E-state index contributed by atoms with van der Waals surface area (Å²) in [6, 6.07) is 32.8. The average molecular weight is 1020 g/mol. The van der Waals surface area contributed by atoms with E-state index in [1.54, 1.807) is 12.1 Å². The van der Waals surface area contributed by atoms with Gasteiger partial charge >= 0.3 is 0 Å². The minimum atomic E-state index is -1.05. The number of anilines is 1. The minimum absolute atomic E-state index is 0.0383. The maximum absolute atomic E-state index is 13.4. The number of hydrogen-bond acceptors (Lipinski definition) is 11. The lowest BCUT2D eigenvalue weighted by Crippen LogP contribution is -2.54. The Morgan fingerprint density at radius 2 is 1.50 bits per heavy atom. The molecule has 3 fully saturated rings. The lowest BCUT2D eigenvalue weighted by molar-refractivity contribution is -0.136. The van der Waals surface area contributed by atoms with Crippen molar-refractivity contribution in [2.24, 2.45) is 0 Å². The number of carbonyl (C=O) groups excluding carboxylic acids is 6. The number of carbonyl (C=O) groups is 6. The van der Waals surface area contributed by atoms with E-state index in [-0.39, 0.29) is 54.3 Å². The van der Waals surface area contributed by atoms with E-state index in [9.17, 15) is 39.3 Å². The number of nitrogens with zero attached hydrogens (tertiary/aromatic N) is 6. The fourth-order valence-corrected chi connectivity index (χ4v) is 11.0. The fourth-order valence-electron chi connectivity index (χ4n) is 11.0. The van der Waals surface area contributed by atoms with Crippen LogP contribution in [0.2, 0.25) is 0 Å². The highest BCUT2D eigenvalue weighted by Crippen LogP contribution is 2.40. The summed E-state index contributed by atoms with van der Waals surface area (Å²) in [6.07, 6.45) is 6.17. The summed E-state index contributed by atoms with van der Waals surface area (Å²) >= 11 is 0. The van der Waals surface area contributed by atoms with Crippen LogP contribution in [-0.4, -0.2) is 127 Å². The van der Waals surface area contributed by atoms with Crippen LogP contribution in [0.4, 0.5) is 5.69 Å². The lowest BCUT2D eigenvalue weighted by atomic mass is 9.93. The molecule has 5 heterocycles. The summed E-state index contributed by atoms with van der Waals surface area (Å²) in [5, 5.41) is 29.0. The van der Waals surface area contributed by atoms with Gasteiger partial charge in [0.2, 0.25) is 23.6 Å². The van der Waals surface area contributed by atoms with E-state index >= 15 is 0 Å². The molecule has 1 aliphatic carbocycles. The Balaban J connectivity index is 0.693. The highest BCUT2D eigenvalue weighted by Gasteiger charge is 2.45. The van der Waals surface area contributed by atoms with Gasteiger partial charge in [0.15, 0.2) is 0 Å². The van der Waals surface area contributed by atoms with Crippen molar-refractivity contribution in [2.45, 2.75) is 88.9 Å². The van der Waals surface area contributed by atoms with Gasteiger partial charge in [-0.2, -0.15) is 0 Å². The topological polar surface area (TPSA) is 215 Å². The molecule has 17 nitrogen and oxygen atoms in total. The molecule has 390 valence electrons. The standard InChI is InChI=1S/C59H62N10O7/c60-55-53-51(41-15-3-1-4-16-41)54(42-17-5-2-6-18-42)67(56(53)63-38-68(55)43-23-25-44(70)26-24-43)37-40-13-7-12-39(36-40)14-11-31-65-32-34-66(35-33-65)50(73)22-10-30-62-48(71)21-9-29-61-46-20-8-19-45-52(46)59(76)69(58(45)75)47-27-28-49(72)64-57(47)74/h1-8,12-13,15-20,36,38,43-44,47,60-61,70H,9-10,21-35,37H2,(H,62,71)(H,64,72,74). The second kappa shape index (κ2) is 23.1. The smallest absolute Gasteiger partial charge is 0.264 e. The molecule has 1 saturated carbocycles. The highest BCUT2D eigenvalue weighted by atomic mass is 16.3. The molecule has 2 saturated heterocycles. The SMILES string of the molecule is N=c1c2c(-c3ccccc3)c(-c3ccccc3)n(Cc3cccc(C#CCN4CCN(C(=O)CCCNC(=O)CCCNc5cccc6c5C(=O)N(C5CCC(=O)NC5=O)C6=O)CC4)c3)c2ncn1C1CCC(O)CC1. The number of aliphatic hydroxyl groups excluding tert-OH is 1. The van der Waals surface area contributed by atoms with Crippen LogP contribution in [0.15, 0.2) is 109 Å². The Bertz CT molecular complexity index is 3310. The minimum Gasteiger partial charge on any atom is -0.393 e. The number of nitrogens with one attached hydrogen (secondary N) is 4. The fraction of sp³-hybridized carbons (Fsp3) is 0.356. The van der Waals surface area contributed by atoms with E-state index in [2.05, 4.69) is 73.7 Å². The molecule has 4 aromatic carbocycles. The summed E-state index contributed by atoms with van der Waals surface area (Å²) in [5.74, 6) is 4.38. The monoisotopic (exact) mass is 1020 g/mol. The van der Waals surface area contributed by atoms with Crippen molar-refractivity contribution in [3.05, 3.63) is 137 Å². The zero-order valence-electron chi connectivity index (χ0n) is 42.4. The Hall–Kier alpha value is -8.20. The number of amides is 6. The first-order chi connectivity index (χ1) is 37.0. The zero-order valence-corrected chi connectivity index (χ0v) is 42.4. The normalized spacial score (nSPS) is 18.8. The van der Waals surface area contributed by atoms with Gasteiger partial charge in [-0.15, -0.1) is 0 Å². The highest BCUT2D eigenvalue weighted by molar-refractivity contribution is 6.25. The summed E-state index contributed by atoms with van der Waals surface area (Å²) < 4.78 is 4.24. The molecule has 4 aliphatic rings. The molecule has 1 unspecified atom stereocenters. The predicted molar refractivity (Wildman–Crippen MR) is 286 cm³/mol. The van der Waals surface area contributed by atoms with Gasteiger partial charge in [0.25, 0.3) is 11.8 Å². The molecule has 1 atom stereocenters. The zero-order chi connectivity index (χ0) is 52.7. The lowest BCUT2D eigenvalue weighted by Gasteiger charge is -2.33. The molecule has 3 aliphatic heterocycles. The van der Waals surface area contributed by atoms with Crippen molar-refractivity contribution in [1.82, 2.24) is 39.5 Å². The molecular formula is C59H62N10O7. The summed E-state index contributed by atoms with van der Waals surface area (Å²) in [7, 11) is 0. The van der Waals surface area contributed by atoms with E-state index < -0.39 is 29.7 Å². The van der Waals surface area contributed by atoms with Gasteiger partial charge in [-0.3, -0.25) is 49.3 Å². The molecule has 6 amide bonds. The third kappa shape index (κ3) is 11.1. The number of hydrogen-bond donors (Lipinski definition) is 5. The number of aromatic nitrogens is 3. The molecule has 5 N–H and O–H groups in total. The van der Waals surface area contributed by atoms with E-state index in [1.807, 2.05) is 64.3 Å². The predicted octanol–water partition coefficient (Wildman–Crippen LogP) is 5.86. The molecule has 6 aromatic rings. The first kappa shape index (κ1) is 51.3. The first-order valence-corrected chi connectivity index (χ1v) is 26.4. The van der Waals surface area contributed by atoms with Crippen LogP contribution in [-0.2, 0) is 25.7 Å². The van der Waals surface area contributed by atoms with Gasteiger partial charge in [-0.1, -0.05) is 90.7 Å². The van der Waals surface area contributed by atoms with Gasteiger partial charge in [0.1, 0.15) is 17.2 Å². The summed E-state index contributed by atoms with van der Waals surface area (Å²) in [6.45, 7) is 4.43. The second-order valence-electron chi connectivity index (χ2n) is 20.0. The van der Waals surface area contributed by atoms with Crippen molar-refractivity contribution in [3.8, 4) is 34.2 Å². The van der Waals surface area contributed by atoms with Gasteiger partial charge in [-0.05, 0) is 85.9 Å². The van der Waals surface area contributed by atoms with Crippen molar-refractivity contribution >= 4 is 52.2 Å². The largest absolute Gasteiger partial charge is 0.393 e. The van der Waals surface area contributed by atoms with Crippen LogP contribution in [0.3, 0.4) is 0 Å². The third-order valence-corrected chi connectivity index (χ3v) is 15.0. The Morgan fingerprint density at radius 3 is 2.25 bits per heavy atom. The Morgan fingerprint density at radius 1 is 0.776 bits per heavy atom. The van der Waals surface area contributed by atoms with E-state index in [0.717, 1.165) is 62.3 Å². The van der Waals surface area contributed by atoms with Crippen molar-refractivity contribution < 1.29 is 33.9 Å². The Kier molecular flexibility index (Phi) is 15.6. The number of fused-ring (bicyclic) bond motifs is 2. The molecule has 0 radical (unpaired) electrons. The van der Waals surface area contributed by atoms with E-state index in [1.165, 1.54) is 6.07 Å². The molecule has 0 bridgehead atoms. The average Bonchev–Trinajstić information content (AvgIpc) is 3.91. The molecule has 10 rings (SSSR count). The van der Waals surface area contributed by atoms with Gasteiger partial charge in [0, 0.05) is 87.9 Å². The van der Waals surface area contributed by atoms with Crippen molar-refractivity contribution in [2.75, 3.05) is 51.1 Å². The van der Waals surface area contributed by atoms with Gasteiger partial charge in [-0.25, -0.2) is 4.98 Å². The maximum Gasteiger partial charge on any atom is 0.264 e. The number of aliphatic hydroxyl groups is 1. The maximum atomic E-state index is 13.4. The molecule has 0 spiro atoms. The first-order valence-electron chi connectivity index (χ1n) is 26.4. The van der Waals surface area contributed by atoms with Gasteiger partial charge < -0.3 is 29.8 Å². The quantitative estimate of drug-likeness (QED) is 0.0442. The van der Waals surface area contributed by atoms with Crippen LogP contribution in [0.25, 0.3) is 33.4 Å². The van der Waals surface area contributed by atoms with Crippen LogP contribution >= 0.6 is 0 Å². The number of rotatable bonds is 16. The number of piperidine rings is 1. The molecule has 17 heteroatoms. The van der Waals surface area contributed by atoms with Crippen LogP contribution in [0.1, 0.15) is 102 Å². The number of piperazine rings is 1. The van der Waals surface area contributed by atoms with Gasteiger partial charge in [0.05, 0.1) is 41.2 Å². The Labute approximate surface area is 440 Å². The molecule has 2 aromatic heterocycles. The summed E-state index contributed by atoms with van der Waals surface area (Å²) in [4.78, 5) is 86.5. The third-order valence-electron chi connectivity index (χ3n) is 15.0. The summed E-state index contributed by atoms with van der Waals surface area (Å²) in [5.41, 5.74) is 7.94. The van der Waals surface area contributed by atoms with Crippen LogP contribution in [0, 0.1) is 17.3 Å². The van der Waals surface area contributed by atoms with Crippen molar-refractivity contribution in [3.63, 3.8) is 0 Å². The second-order valence-corrected chi connectivity index (χ2v) is 20.0. The van der Waals surface area contributed by atoms with Crippen LogP contribution < -0.4 is 21.4 Å². The number of benzene rings is 4. The van der Waals surface area contributed by atoms with E-state index in [4.69, 9.17) is 4.98 Å². The molecule has 76 heavy (non-hydrogen) atoms. The van der Waals surface area contributed by atoms with E-state index in [0.29, 0.717) is 95.6 Å². The van der Waals surface area contributed by atoms with Crippen LogP contribution in [0.5, 0.6) is 0 Å². The molecular weight excluding hydrogens is 961 g/mol. The van der Waals surface area contributed by atoms with Crippen molar-refractivity contribution in [1.29, 1.82) is 5.41 Å².